The van der Waals surface area contributed by atoms with Gasteiger partial charge in [-0.25, -0.2) is 9.78 Å². The molecule has 0 saturated carbocycles. The van der Waals surface area contributed by atoms with Crippen LogP contribution in [-0.2, 0) is 19.1 Å². The van der Waals surface area contributed by atoms with Gasteiger partial charge >= 0.3 is 11.9 Å². The molecular formula is C28H30N2O7. The lowest BCUT2D eigenvalue weighted by Crippen LogP contribution is -2.41. The van der Waals surface area contributed by atoms with Gasteiger partial charge in [-0.15, -0.1) is 0 Å². The maximum Gasteiger partial charge on any atom is 0.328 e. The number of nitrogens with zero attached hydrogens (tertiary/aromatic N) is 1. The number of nitrogens with one attached hydrogen (secondary N) is 1. The molecule has 194 valence electrons. The van der Waals surface area contributed by atoms with Gasteiger partial charge in [0.15, 0.2) is 17.2 Å². The molecule has 9 nitrogen and oxygen atoms in total. The second-order valence-corrected chi connectivity index (χ2v) is 8.23. The molecule has 9 heteroatoms. The van der Waals surface area contributed by atoms with Crippen LogP contribution in [0.5, 0.6) is 11.5 Å². The highest BCUT2D eigenvalue weighted by Crippen LogP contribution is 2.31. The largest absolute Gasteiger partial charge is 0.493 e. The van der Waals surface area contributed by atoms with Gasteiger partial charge < -0.3 is 24.3 Å². The number of pyridine rings is 1. The van der Waals surface area contributed by atoms with Gasteiger partial charge in [0.1, 0.15) is 12.1 Å². The summed E-state index contributed by atoms with van der Waals surface area (Å²) >= 11 is 0. The molecule has 0 aliphatic rings. The van der Waals surface area contributed by atoms with Crippen molar-refractivity contribution >= 4 is 17.8 Å². The van der Waals surface area contributed by atoms with Crippen LogP contribution < -0.4 is 14.8 Å². The van der Waals surface area contributed by atoms with Crippen LogP contribution in [0, 0.1) is 0 Å². The van der Waals surface area contributed by atoms with Crippen molar-refractivity contribution in [3.8, 4) is 11.5 Å². The predicted molar refractivity (Wildman–Crippen MR) is 135 cm³/mol. The van der Waals surface area contributed by atoms with E-state index in [0.29, 0.717) is 0 Å². The summed E-state index contributed by atoms with van der Waals surface area (Å²) < 4.78 is 21.2. The van der Waals surface area contributed by atoms with E-state index in [9.17, 15) is 14.4 Å². The molecule has 0 aliphatic heterocycles. The van der Waals surface area contributed by atoms with Crippen LogP contribution in [0.15, 0.2) is 72.9 Å². The number of benzene rings is 2. The molecule has 0 radical (unpaired) electrons. The van der Waals surface area contributed by atoms with Crippen LogP contribution in [0.25, 0.3) is 0 Å². The maximum absolute atomic E-state index is 13.0. The number of hydrogen-bond donors (Lipinski definition) is 1. The van der Waals surface area contributed by atoms with Crippen molar-refractivity contribution in [2.75, 3.05) is 13.9 Å². The number of carbonyl (C=O) groups excluding carboxylic acids is 3. The van der Waals surface area contributed by atoms with Gasteiger partial charge in [0.05, 0.1) is 7.11 Å². The van der Waals surface area contributed by atoms with Crippen molar-refractivity contribution in [1.29, 1.82) is 0 Å². The van der Waals surface area contributed by atoms with Gasteiger partial charge in [-0.3, -0.25) is 9.59 Å². The Balaban J connectivity index is 1.72. The molecule has 0 bridgehead atoms. The van der Waals surface area contributed by atoms with Crippen molar-refractivity contribution < 1.29 is 33.3 Å². The van der Waals surface area contributed by atoms with Gasteiger partial charge in [-0.1, -0.05) is 60.7 Å². The second kappa shape index (κ2) is 13.1. The minimum atomic E-state index is -0.989. The van der Waals surface area contributed by atoms with Crippen LogP contribution in [0.3, 0.4) is 0 Å². The summed E-state index contributed by atoms with van der Waals surface area (Å²) in [4.78, 5) is 41.1. The quantitative estimate of drug-likeness (QED) is 0.308. The molecule has 1 aromatic heterocycles. The van der Waals surface area contributed by atoms with Gasteiger partial charge in [0.25, 0.3) is 5.91 Å². The highest BCUT2D eigenvalue weighted by Gasteiger charge is 2.28. The number of ether oxygens (including phenoxy) is 4. The Morgan fingerprint density at radius 3 is 2.05 bits per heavy atom. The summed E-state index contributed by atoms with van der Waals surface area (Å²) in [6.07, 6.45) is 0.844. The van der Waals surface area contributed by atoms with E-state index in [2.05, 4.69) is 10.3 Å². The number of amides is 1. The first-order valence-corrected chi connectivity index (χ1v) is 11.7. The number of carbonyl (C=O) groups is 3. The zero-order valence-corrected chi connectivity index (χ0v) is 21.2. The molecule has 2 atom stereocenters. The molecule has 2 aromatic carbocycles. The Hall–Kier alpha value is -4.40. The first-order chi connectivity index (χ1) is 17.8. The van der Waals surface area contributed by atoms with E-state index >= 15 is 0 Å². The number of methoxy groups -OCH3 is 1. The Morgan fingerprint density at radius 2 is 1.51 bits per heavy atom. The van der Waals surface area contributed by atoms with Crippen molar-refractivity contribution in [1.82, 2.24) is 10.3 Å². The monoisotopic (exact) mass is 506 g/mol. The zero-order valence-electron chi connectivity index (χ0n) is 21.2. The fraction of sp³-hybridized carbons (Fsp3) is 0.286. The molecule has 2 unspecified atom stereocenters. The average molecular weight is 507 g/mol. The Labute approximate surface area is 215 Å². The Kier molecular flexibility index (Phi) is 9.60. The van der Waals surface area contributed by atoms with Crippen LogP contribution >= 0.6 is 0 Å². The van der Waals surface area contributed by atoms with Crippen LogP contribution in [0.4, 0.5) is 0 Å². The predicted octanol–water partition coefficient (Wildman–Crippen LogP) is 3.87. The maximum atomic E-state index is 13.0. The Bertz CT molecular complexity index is 1160. The minimum Gasteiger partial charge on any atom is -0.493 e. The van der Waals surface area contributed by atoms with Gasteiger partial charge in [-0.05, 0) is 25.0 Å². The summed E-state index contributed by atoms with van der Waals surface area (Å²) in [5.41, 5.74) is 1.87. The summed E-state index contributed by atoms with van der Waals surface area (Å²) in [6.45, 7) is 4.13. The lowest BCUT2D eigenvalue weighted by molar-refractivity contribution is -0.151. The molecule has 1 amide bonds. The van der Waals surface area contributed by atoms with E-state index in [1.54, 1.807) is 0 Å². The number of esters is 2. The lowest BCUT2D eigenvalue weighted by atomic mass is 9.87. The average Bonchev–Trinajstić information content (AvgIpc) is 2.89. The smallest absolute Gasteiger partial charge is 0.328 e. The molecule has 3 rings (SSSR count). The fourth-order valence-electron chi connectivity index (χ4n) is 3.80. The third-order valence-electron chi connectivity index (χ3n) is 5.56. The topological polar surface area (TPSA) is 113 Å². The van der Waals surface area contributed by atoms with E-state index in [0.717, 1.165) is 11.1 Å². The first kappa shape index (κ1) is 27.2. The third kappa shape index (κ3) is 7.30. The summed E-state index contributed by atoms with van der Waals surface area (Å²) in [5, 5.41) is 2.59. The molecule has 0 spiro atoms. The van der Waals surface area contributed by atoms with Crippen LogP contribution in [0.1, 0.15) is 48.3 Å². The molecular weight excluding hydrogens is 476 g/mol. The molecule has 0 fully saturated rings. The SMILES string of the molecule is COc1ccnc(C(=O)NC(C)C(=O)OC(C)C(c2ccccc2)c2ccccc2)c1OCOC(C)=O. The van der Waals surface area contributed by atoms with Gasteiger partial charge in [-0.2, -0.15) is 0 Å². The molecule has 0 aliphatic carbocycles. The van der Waals surface area contributed by atoms with Crippen LogP contribution in [0.2, 0.25) is 0 Å². The highest BCUT2D eigenvalue weighted by molar-refractivity contribution is 5.98. The van der Waals surface area contributed by atoms with Gasteiger partial charge in [0.2, 0.25) is 6.79 Å². The van der Waals surface area contributed by atoms with E-state index in [-0.39, 0.29) is 23.1 Å². The molecule has 1 heterocycles. The van der Waals surface area contributed by atoms with Crippen molar-refractivity contribution in [3.63, 3.8) is 0 Å². The standard InChI is InChI=1S/C28H30N2O7/c1-18(30-27(32)25-26(36-17-35-20(3)31)23(34-4)15-16-29-25)28(33)37-19(2)24(21-11-7-5-8-12-21)22-13-9-6-10-14-22/h5-16,18-19,24H,17H2,1-4H3,(H,30,32). The van der Waals surface area contributed by atoms with Crippen molar-refractivity contribution in [3.05, 3.63) is 89.7 Å². The second-order valence-electron chi connectivity index (χ2n) is 8.23. The lowest BCUT2D eigenvalue weighted by Gasteiger charge is -2.26. The van der Waals surface area contributed by atoms with E-state index < -0.39 is 36.8 Å². The molecule has 37 heavy (non-hydrogen) atoms. The van der Waals surface area contributed by atoms with E-state index in [1.165, 1.54) is 33.2 Å². The summed E-state index contributed by atoms with van der Waals surface area (Å²) in [6, 6.07) is 20.0. The molecule has 1 N–H and O–H groups in total. The van der Waals surface area contributed by atoms with E-state index in [1.807, 2.05) is 67.6 Å². The van der Waals surface area contributed by atoms with Crippen LogP contribution in [-0.4, -0.2) is 48.9 Å². The third-order valence-corrected chi connectivity index (χ3v) is 5.56. The number of rotatable bonds is 11. The minimum absolute atomic E-state index is 0.0223. The highest BCUT2D eigenvalue weighted by atomic mass is 16.7. The Morgan fingerprint density at radius 1 is 0.919 bits per heavy atom. The van der Waals surface area contributed by atoms with Gasteiger partial charge in [0, 0.05) is 25.1 Å². The summed E-state index contributed by atoms with van der Waals surface area (Å²) in [5.74, 6) is -1.85. The fourth-order valence-corrected chi connectivity index (χ4v) is 3.80. The normalized spacial score (nSPS) is 12.2. The van der Waals surface area contributed by atoms with Crippen molar-refractivity contribution in [2.45, 2.75) is 38.8 Å². The summed E-state index contributed by atoms with van der Waals surface area (Å²) in [7, 11) is 1.40. The zero-order chi connectivity index (χ0) is 26.8. The first-order valence-electron chi connectivity index (χ1n) is 11.7. The van der Waals surface area contributed by atoms with Crippen molar-refractivity contribution in [2.24, 2.45) is 0 Å². The molecule has 0 saturated heterocycles. The number of aromatic nitrogens is 1. The molecule has 3 aromatic rings. The van der Waals surface area contributed by atoms with E-state index in [4.69, 9.17) is 18.9 Å². The number of hydrogen-bond acceptors (Lipinski definition) is 8.